The van der Waals surface area contributed by atoms with Gasteiger partial charge in [0.1, 0.15) is 23.7 Å². The summed E-state index contributed by atoms with van der Waals surface area (Å²) in [6.07, 6.45) is 9.62. The van der Waals surface area contributed by atoms with Crippen LogP contribution in [0, 0.1) is 11.8 Å². The van der Waals surface area contributed by atoms with E-state index in [0.29, 0.717) is 32.4 Å². The van der Waals surface area contributed by atoms with Crippen molar-refractivity contribution in [3.8, 4) is 0 Å². The van der Waals surface area contributed by atoms with E-state index in [1.807, 2.05) is 69.3 Å². The second-order valence-corrected chi connectivity index (χ2v) is 13.1. The second kappa shape index (κ2) is 13.2. The number of ether oxygens (including phenoxy) is 2. The number of aliphatic hydroxyl groups excluding tert-OH is 1. The number of nitrogens with one attached hydrogen (secondary N) is 1. The van der Waals surface area contributed by atoms with Gasteiger partial charge < -0.3 is 29.7 Å². The standard InChI is InChI=1S/C34H45N3O7/c1-33(2,3)37-20-12-7-10-16-26(39)35-22-25(23-14-8-6-9-15-23)43-32(42)27-24-17-18-34(44-24)28(27)30(40)36(29(34)31(37)41)19-11-4-5-13-21-38/h6-9,12,14-15,17-18,24-25,27-29,38H,4-5,10-11,13,16,19-22H2,1-3H3,(H,35,39)/b12-7-/t24-,25-,27+,28+,29-,34+/m1/s1. The monoisotopic (exact) mass is 607 g/mol. The van der Waals surface area contributed by atoms with E-state index in [2.05, 4.69) is 5.32 Å². The largest absolute Gasteiger partial charge is 0.455 e. The summed E-state index contributed by atoms with van der Waals surface area (Å²) >= 11 is 0. The third-order valence-electron chi connectivity index (χ3n) is 9.17. The number of rotatable bonds is 7. The Morgan fingerprint density at radius 2 is 1.75 bits per heavy atom. The summed E-state index contributed by atoms with van der Waals surface area (Å²) in [7, 11) is 0. The number of esters is 1. The molecule has 4 aliphatic rings. The molecule has 44 heavy (non-hydrogen) atoms. The number of benzene rings is 1. The number of aliphatic hydroxyl groups is 1. The summed E-state index contributed by atoms with van der Waals surface area (Å²) in [5, 5.41) is 12.1. The summed E-state index contributed by atoms with van der Waals surface area (Å²) in [5.41, 5.74) is -1.14. The van der Waals surface area contributed by atoms with E-state index in [9.17, 15) is 24.3 Å². The second-order valence-electron chi connectivity index (χ2n) is 13.1. The first-order valence-electron chi connectivity index (χ1n) is 15.9. The predicted molar refractivity (Wildman–Crippen MR) is 163 cm³/mol. The number of amides is 3. The normalized spacial score (nSPS) is 31.7. The van der Waals surface area contributed by atoms with Gasteiger partial charge in [-0.05, 0) is 45.6 Å². The van der Waals surface area contributed by atoms with E-state index in [0.717, 1.165) is 18.4 Å². The smallest absolute Gasteiger partial charge is 0.313 e. The minimum absolute atomic E-state index is 0.0923. The maximum atomic E-state index is 14.6. The highest BCUT2D eigenvalue weighted by molar-refractivity contribution is 5.99. The van der Waals surface area contributed by atoms with E-state index >= 15 is 0 Å². The number of carbonyl (C=O) groups is 4. The molecule has 2 N–H and O–H groups in total. The molecule has 4 heterocycles. The number of hydrogen-bond donors (Lipinski definition) is 2. The molecule has 0 radical (unpaired) electrons. The van der Waals surface area contributed by atoms with Gasteiger partial charge in [0.15, 0.2) is 0 Å². The average Bonchev–Trinajstić information content (AvgIpc) is 3.63. The van der Waals surface area contributed by atoms with Crippen molar-refractivity contribution in [2.45, 2.75) is 88.7 Å². The van der Waals surface area contributed by atoms with Gasteiger partial charge >= 0.3 is 5.97 Å². The summed E-state index contributed by atoms with van der Waals surface area (Å²) in [4.78, 5) is 59.0. The van der Waals surface area contributed by atoms with E-state index in [4.69, 9.17) is 9.47 Å². The molecule has 0 saturated carbocycles. The van der Waals surface area contributed by atoms with Gasteiger partial charge in [-0.25, -0.2) is 0 Å². The molecule has 4 aliphatic heterocycles. The van der Waals surface area contributed by atoms with E-state index in [1.165, 1.54) is 0 Å². The highest BCUT2D eigenvalue weighted by Gasteiger charge is 2.73. The molecule has 10 nitrogen and oxygen atoms in total. The van der Waals surface area contributed by atoms with Crippen LogP contribution in [0.15, 0.2) is 54.6 Å². The minimum Gasteiger partial charge on any atom is -0.455 e. The molecule has 238 valence electrons. The maximum absolute atomic E-state index is 14.6. The fourth-order valence-corrected chi connectivity index (χ4v) is 6.97. The van der Waals surface area contributed by atoms with Crippen molar-refractivity contribution in [2.75, 3.05) is 26.2 Å². The molecule has 0 aromatic heterocycles. The molecule has 6 atom stereocenters. The summed E-state index contributed by atoms with van der Waals surface area (Å²) in [6.45, 7) is 6.70. The summed E-state index contributed by atoms with van der Waals surface area (Å²) in [5.74, 6) is -3.12. The van der Waals surface area contributed by atoms with Crippen LogP contribution in [0.5, 0.6) is 0 Å². The molecule has 1 spiro atoms. The predicted octanol–water partition coefficient (Wildman–Crippen LogP) is 3.07. The number of nitrogens with zero attached hydrogens (tertiary/aromatic N) is 2. The number of carbonyl (C=O) groups excluding carboxylic acids is 4. The number of unbranched alkanes of at least 4 members (excludes halogenated alkanes) is 3. The van der Waals surface area contributed by atoms with Crippen LogP contribution >= 0.6 is 0 Å². The Bertz CT molecular complexity index is 1290. The first-order chi connectivity index (χ1) is 21.1. The lowest BCUT2D eigenvalue weighted by Crippen LogP contribution is -2.59. The van der Waals surface area contributed by atoms with Gasteiger partial charge in [-0.3, -0.25) is 19.2 Å². The van der Waals surface area contributed by atoms with Gasteiger partial charge in [0, 0.05) is 31.7 Å². The molecule has 5 rings (SSSR count). The van der Waals surface area contributed by atoms with Crippen molar-refractivity contribution in [3.05, 3.63) is 60.2 Å². The lowest BCUT2D eigenvalue weighted by atomic mass is 9.74. The van der Waals surface area contributed by atoms with Crippen LogP contribution in [0.4, 0.5) is 0 Å². The molecule has 5 bridgehead atoms. The van der Waals surface area contributed by atoms with E-state index in [-0.39, 0.29) is 37.3 Å². The Kier molecular flexibility index (Phi) is 9.60. The first-order valence-corrected chi connectivity index (χ1v) is 15.9. The fourth-order valence-electron chi connectivity index (χ4n) is 6.97. The van der Waals surface area contributed by atoms with Crippen molar-refractivity contribution < 1.29 is 33.8 Å². The molecular formula is C34H45N3O7. The zero-order chi connectivity index (χ0) is 31.5. The lowest BCUT2D eigenvalue weighted by Gasteiger charge is -2.41. The molecule has 2 saturated heterocycles. The first kappa shape index (κ1) is 31.9. The molecule has 0 unspecified atom stereocenters. The van der Waals surface area contributed by atoms with Crippen molar-refractivity contribution >= 4 is 23.7 Å². The molecule has 1 aromatic carbocycles. The Labute approximate surface area is 259 Å². The number of allylic oxidation sites excluding steroid dienone is 1. The van der Waals surface area contributed by atoms with E-state index < -0.39 is 47.2 Å². The average molecular weight is 608 g/mol. The van der Waals surface area contributed by atoms with Gasteiger partial charge in [0.2, 0.25) is 17.7 Å². The number of fused-ring (bicyclic) bond motifs is 2. The maximum Gasteiger partial charge on any atom is 0.313 e. The lowest BCUT2D eigenvalue weighted by molar-refractivity contribution is -0.160. The Balaban J connectivity index is 1.53. The van der Waals surface area contributed by atoms with Gasteiger partial charge in [0.05, 0.1) is 18.6 Å². The van der Waals surface area contributed by atoms with Crippen LogP contribution in [0.25, 0.3) is 0 Å². The quantitative estimate of drug-likeness (QED) is 0.277. The van der Waals surface area contributed by atoms with Crippen molar-refractivity contribution in [1.82, 2.24) is 15.1 Å². The number of likely N-dealkylation sites (tertiary alicyclic amines) is 1. The summed E-state index contributed by atoms with van der Waals surface area (Å²) < 4.78 is 12.6. The van der Waals surface area contributed by atoms with Crippen molar-refractivity contribution in [1.29, 1.82) is 0 Å². The Hall–Kier alpha value is -3.50. The third-order valence-corrected chi connectivity index (χ3v) is 9.17. The minimum atomic E-state index is -1.29. The molecule has 0 aliphatic carbocycles. The fraction of sp³-hybridized carbons (Fsp3) is 0.588. The molecule has 1 aromatic rings. The van der Waals surface area contributed by atoms with Crippen LogP contribution in [0.3, 0.4) is 0 Å². The highest BCUT2D eigenvalue weighted by Crippen LogP contribution is 2.56. The van der Waals surface area contributed by atoms with Crippen LogP contribution in [0.2, 0.25) is 0 Å². The summed E-state index contributed by atoms with van der Waals surface area (Å²) in [6, 6.07) is 8.28. The topological polar surface area (TPSA) is 125 Å². The Morgan fingerprint density at radius 3 is 2.48 bits per heavy atom. The van der Waals surface area contributed by atoms with Crippen molar-refractivity contribution in [2.24, 2.45) is 11.8 Å². The Morgan fingerprint density at radius 1 is 1.00 bits per heavy atom. The highest BCUT2D eigenvalue weighted by atomic mass is 16.6. The number of hydrogen-bond acceptors (Lipinski definition) is 7. The molecule has 3 amide bonds. The van der Waals surface area contributed by atoms with Crippen LogP contribution < -0.4 is 5.32 Å². The van der Waals surface area contributed by atoms with Crippen LogP contribution in [-0.4, -0.2) is 88.1 Å². The molecule has 2 fully saturated rings. The van der Waals surface area contributed by atoms with Crippen LogP contribution in [-0.2, 0) is 28.7 Å². The third kappa shape index (κ3) is 6.19. The zero-order valence-corrected chi connectivity index (χ0v) is 25.9. The van der Waals surface area contributed by atoms with Crippen LogP contribution in [0.1, 0.15) is 71.0 Å². The van der Waals surface area contributed by atoms with Gasteiger partial charge in [-0.15, -0.1) is 0 Å². The van der Waals surface area contributed by atoms with Crippen molar-refractivity contribution in [3.63, 3.8) is 0 Å². The van der Waals surface area contributed by atoms with Gasteiger partial charge in [-0.2, -0.15) is 0 Å². The van der Waals surface area contributed by atoms with E-state index in [1.54, 1.807) is 15.9 Å². The number of cyclic esters (lactones) is 1. The molecular weight excluding hydrogens is 562 g/mol. The van der Waals surface area contributed by atoms with Gasteiger partial charge in [-0.1, -0.05) is 67.5 Å². The van der Waals surface area contributed by atoms with Gasteiger partial charge in [0.25, 0.3) is 0 Å². The zero-order valence-electron chi connectivity index (χ0n) is 25.9. The SMILES string of the molecule is CC(C)(C)N1C/C=C\CCC(=O)NC[C@H](c2ccccc2)OC(=O)[C@@H]2[C@H]3C(=O)N(CCCCCCO)[C@H](C1=O)[C@]31C=C[C@H]2O1. The molecule has 10 heteroatoms.